The van der Waals surface area contributed by atoms with Gasteiger partial charge in [-0.05, 0) is 19.8 Å². The molecule has 1 atom stereocenters. The summed E-state index contributed by atoms with van der Waals surface area (Å²) in [6.07, 6.45) is 0. The van der Waals surface area contributed by atoms with Gasteiger partial charge in [0, 0.05) is 0 Å². The summed E-state index contributed by atoms with van der Waals surface area (Å²) < 4.78 is 0. The molecule has 0 fully saturated rings. The highest BCUT2D eigenvalue weighted by molar-refractivity contribution is 5.84. The van der Waals surface area contributed by atoms with Gasteiger partial charge in [-0.1, -0.05) is 13.8 Å². The number of nitrogens with zero attached hydrogens (tertiary/aromatic N) is 1. The lowest BCUT2D eigenvalue weighted by atomic mass is 9.77. The molecule has 0 rings (SSSR count). The van der Waals surface area contributed by atoms with E-state index in [1.165, 1.54) is 6.92 Å². The van der Waals surface area contributed by atoms with Crippen LogP contribution in [0.4, 0.5) is 0 Å². The van der Waals surface area contributed by atoms with Crippen LogP contribution in [-0.4, -0.2) is 5.78 Å². The second kappa shape index (κ2) is 2.83. The first-order valence-corrected chi connectivity index (χ1v) is 3.37. The standard InChI is InChI=1S/C8H13NO/c1-6(2)8(4,5-9)7(3)10/h6H,1-4H3. The van der Waals surface area contributed by atoms with Gasteiger partial charge in [-0.3, -0.25) is 4.79 Å². The minimum absolute atomic E-state index is 0.0509. The van der Waals surface area contributed by atoms with E-state index in [0.29, 0.717) is 0 Å². The lowest BCUT2D eigenvalue weighted by Crippen LogP contribution is -2.29. The van der Waals surface area contributed by atoms with Crippen molar-refractivity contribution in [2.45, 2.75) is 27.7 Å². The maximum absolute atomic E-state index is 10.9. The molecule has 0 N–H and O–H groups in total. The van der Waals surface area contributed by atoms with Crippen molar-refractivity contribution in [2.75, 3.05) is 0 Å². The lowest BCUT2D eigenvalue weighted by molar-refractivity contribution is -0.124. The normalized spacial score (nSPS) is 16.0. The molecule has 0 saturated heterocycles. The van der Waals surface area contributed by atoms with Crippen LogP contribution in [0, 0.1) is 22.7 Å². The van der Waals surface area contributed by atoms with Gasteiger partial charge >= 0.3 is 0 Å². The predicted molar refractivity (Wildman–Crippen MR) is 39.2 cm³/mol. The molecular weight excluding hydrogens is 126 g/mol. The Morgan fingerprint density at radius 3 is 2.00 bits per heavy atom. The molecule has 0 aromatic carbocycles. The summed E-state index contributed by atoms with van der Waals surface area (Å²) in [4.78, 5) is 10.9. The molecule has 0 aliphatic heterocycles. The van der Waals surface area contributed by atoms with Gasteiger partial charge in [0.15, 0.2) is 0 Å². The summed E-state index contributed by atoms with van der Waals surface area (Å²) in [6, 6.07) is 2.03. The van der Waals surface area contributed by atoms with Crippen molar-refractivity contribution in [3.8, 4) is 6.07 Å². The Hall–Kier alpha value is -0.840. The Bertz CT molecular complexity index is 178. The molecule has 2 nitrogen and oxygen atoms in total. The zero-order chi connectivity index (χ0) is 8.36. The van der Waals surface area contributed by atoms with E-state index in [0.717, 1.165) is 0 Å². The Morgan fingerprint density at radius 2 is 2.00 bits per heavy atom. The van der Waals surface area contributed by atoms with Crippen molar-refractivity contribution in [2.24, 2.45) is 11.3 Å². The fraction of sp³-hybridized carbons (Fsp3) is 0.750. The van der Waals surface area contributed by atoms with Gasteiger partial charge in [0.05, 0.1) is 6.07 Å². The van der Waals surface area contributed by atoms with Gasteiger partial charge < -0.3 is 0 Å². The van der Waals surface area contributed by atoms with E-state index in [-0.39, 0.29) is 11.7 Å². The highest BCUT2D eigenvalue weighted by Crippen LogP contribution is 2.26. The first-order chi connectivity index (χ1) is 4.45. The monoisotopic (exact) mass is 139 g/mol. The van der Waals surface area contributed by atoms with Crippen LogP contribution < -0.4 is 0 Å². The third kappa shape index (κ3) is 1.36. The lowest BCUT2D eigenvalue weighted by Gasteiger charge is -2.21. The molecule has 0 aliphatic rings. The summed E-state index contributed by atoms with van der Waals surface area (Å²) in [7, 11) is 0. The van der Waals surface area contributed by atoms with Crippen LogP contribution in [0.3, 0.4) is 0 Å². The van der Waals surface area contributed by atoms with Gasteiger partial charge in [0.2, 0.25) is 0 Å². The molecule has 0 aliphatic carbocycles. The molecule has 0 aromatic heterocycles. The van der Waals surface area contributed by atoms with E-state index in [1.807, 2.05) is 19.9 Å². The van der Waals surface area contributed by atoms with E-state index in [2.05, 4.69) is 0 Å². The quantitative estimate of drug-likeness (QED) is 0.585. The average molecular weight is 139 g/mol. The fourth-order valence-electron chi connectivity index (χ4n) is 0.614. The van der Waals surface area contributed by atoms with E-state index in [1.54, 1.807) is 6.92 Å². The topological polar surface area (TPSA) is 40.9 Å². The van der Waals surface area contributed by atoms with Crippen LogP contribution in [0.5, 0.6) is 0 Å². The van der Waals surface area contributed by atoms with Crippen molar-refractivity contribution in [3.63, 3.8) is 0 Å². The molecule has 56 valence electrons. The minimum Gasteiger partial charge on any atom is -0.298 e. The average Bonchev–Trinajstić information content (AvgIpc) is 1.85. The molecule has 0 aromatic rings. The Morgan fingerprint density at radius 1 is 1.60 bits per heavy atom. The van der Waals surface area contributed by atoms with E-state index in [9.17, 15) is 4.79 Å². The van der Waals surface area contributed by atoms with Gasteiger partial charge in [-0.25, -0.2) is 0 Å². The summed E-state index contributed by atoms with van der Waals surface area (Å²) in [5.74, 6) is 0.0417. The number of hydrogen-bond acceptors (Lipinski definition) is 2. The van der Waals surface area contributed by atoms with Crippen LogP contribution in [0.15, 0.2) is 0 Å². The summed E-state index contributed by atoms with van der Waals surface area (Å²) in [5, 5.41) is 8.66. The predicted octanol–water partition coefficient (Wildman–Crippen LogP) is 1.76. The maximum atomic E-state index is 10.9. The van der Waals surface area contributed by atoms with Gasteiger partial charge in [-0.15, -0.1) is 0 Å². The smallest absolute Gasteiger partial charge is 0.149 e. The Labute approximate surface area is 61.8 Å². The number of carbonyl (C=O) groups excluding carboxylic acids is 1. The van der Waals surface area contributed by atoms with Gasteiger partial charge in [0.25, 0.3) is 0 Å². The third-order valence-corrected chi connectivity index (χ3v) is 2.12. The minimum atomic E-state index is -0.792. The number of nitriles is 1. The first-order valence-electron chi connectivity index (χ1n) is 3.37. The zero-order valence-corrected chi connectivity index (χ0v) is 6.93. The summed E-state index contributed by atoms with van der Waals surface area (Å²) in [6.45, 7) is 6.90. The van der Waals surface area contributed by atoms with Crippen molar-refractivity contribution in [1.82, 2.24) is 0 Å². The first kappa shape index (κ1) is 9.16. The van der Waals surface area contributed by atoms with Crippen LogP contribution in [-0.2, 0) is 4.79 Å². The molecule has 0 saturated carbocycles. The third-order valence-electron chi connectivity index (χ3n) is 2.12. The Kier molecular flexibility index (Phi) is 2.59. The van der Waals surface area contributed by atoms with E-state index < -0.39 is 5.41 Å². The fourth-order valence-corrected chi connectivity index (χ4v) is 0.614. The molecule has 1 unspecified atom stereocenters. The van der Waals surface area contributed by atoms with Crippen LogP contribution in [0.2, 0.25) is 0 Å². The highest BCUT2D eigenvalue weighted by Gasteiger charge is 2.33. The van der Waals surface area contributed by atoms with Crippen LogP contribution in [0.1, 0.15) is 27.7 Å². The van der Waals surface area contributed by atoms with Crippen molar-refractivity contribution in [1.29, 1.82) is 5.26 Å². The maximum Gasteiger partial charge on any atom is 0.149 e. The van der Waals surface area contributed by atoms with E-state index >= 15 is 0 Å². The van der Waals surface area contributed by atoms with Gasteiger partial charge in [-0.2, -0.15) is 5.26 Å². The largest absolute Gasteiger partial charge is 0.298 e. The number of ketones is 1. The van der Waals surface area contributed by atoms with Gasteiger partial charge in [0.1, 0.15) is 11.2 Å². The molecule has 10 heavy (non-hydrogen) atoms. The molecule has 0 radical (unpaired) electrons. The number of carbonyl (C=O) groups is 1. The number of hydrogen-bond donors (Lipinski definition) is 0. The van der Waals surface area contributed by atoms with E-state index in [4.69, 9.17) is 5.26 Å². The molecule has 0 heterocycles. The molecule has 0 bridgehead atoms. The number of Topliss-reactive ketones (excluding diaryl/α,β-unsaturated/α-hetero) is 1. The molecular formula is C8H13NO. The molecule has 0 spiro atoms. The SMILES string of the molecule is CC(=O)C(C)(C#N)C(C)C. The van der Waals surface area contributed by atoms with Crippen molar-refractivity contribution < 1.29 is 4.79 Å². The highest BCUT2D eigenvalue weighted by atomic mass is 16.1. The summed E-state index contributed by atoms with van der Waals surface area (Å²) in [5.41, 5.74) is -0.792. The Balaban J connectivity index is 4.60. The van der Waals surface area contributed by atoms with Crippen molar-refractivity contribution >= 4 is 5.78 Å². The molecule has 0 amide bonds. The zero-order valence-electron chi connectivity index (χ0n) is 6.93. The second-order valence-electron chi connectivity index (χ2n) is 3.03. The second-order valence-corrected chi connectivity index (χ2v) is 3.03. The summed E-state index contributed by atoms with van der Waals surface area (Å²) >= 11 is 0. The van der Waals surface area contributed by atoms with Crippen molar-refractivity contribution in [3.05, 3.63) is 0 Å². The van der Waals surface area contributed by atoms with Crippen LogP contribution in [0.25, 0.3) is 0 Å². The molecule has 2 heteroatoms. The van der Waals surface area contributed by atoms with Crippen LogP contribution >= 0.6 is 0 Å². The number of rotatable bonds is 2.